The Morgan fingerprint density at radius 2 is 2.18 bits per heavy atom. The summed E-state index contributed by atoms with van der Waals surface area (Å²) in [6.45, 7) is 0. The van der Waals surface area contributed by atoms with Crippen molar-refractivity contribution in [3.8, 4) is 5.75 Å². The minimum Gasteiger partial charge on any atom is -0.508 e. The molecule has 0 aliphatic rings. The van der Waals surface area contributed by atoms with Crippen LogP contribution in [0.15, 0.2) is 27.7 Å². The van der Waals surface area contributed by atoms with Gasteiger partial charge in [-0.25, -0.2) is 4.79 Å². The maximum atomic E-state index is 9.81. The van der Waals surface area contributed by atoms with E-state index >= 15 is 0 Å². The van der Waals surface area contributed by atoms with Gasteiger partial charge in [0.25, 0.3) is 0 Å². The van der Waals surface area contributed by atoms with E-state index in [1.165, 1.54) is 18.2 Å². The van der Waals surface area contributed by atoms with Gasteiger partial charge in [0.2, 0.25) is 6.08 Å². The Morgan fingerprint density at radius 3 is 2.73 bits per heavy atom. The van der Waals surface area contributed by atoms with Crippen molar-refractivity contribution in [1.29, 1.82) is 0 Å². The van der Waals surface area contributed by atoms with Crippen LogP contribution in [0.5, 0.6) is 5.75 Å². The second-order valence-corrected chi connectivity index (χ2v) is 2.79. The van der Waals surface area contributed by atoms with Crippen LogP contribution in [-0.4, -0.2) is 11.2 Å². The number of phenolic OH excluding ortho intramolecular Hbond substituents is 1. The zero-order valence-electron chi connectivity index (χ0n) is 5.41. The largest absolute Gasteiger partial charge is 0.508 e. The van der Waals surface area contributed by atoms with E-state index in [1.54, 1.807) is 6.07 Å². The van der Waals surface area contributed by atoms with E-state index in [9.17, 15) is 4.79 Å². The summed E-state index contributed by atoms with van der Waals surface area (Å²) in [6, 6.07) is 4.48. The number of rotatable bonds is 1. The number of aromatic hydroxyl groups is 1. The zero-order chi connectivity index (χ0) is 8.27. The van der Waals surface area contributed by atoms with Gasteiger partial charge in [0.05, 0.1) is 5.69 Å². The molecular formula is C7H4BrNO2. The molecule has 0 radical (unpaired) electrons. The van der Waals surface area contributed by atoms with Crippen LogP contribution in [0.3, 0.4) is 0 Å². The standard InChI is InChI=1S/C7H4BrNO2/c8-5-1-6(9-4-10)3-7(11)2-5/h1-3,11H. The van der Waals surface area contributed by atoms with Gasteiger partial charge in [-0.2, -0.15) is 4.99 Å². The Kier molecular flexibility index (Phi) is 2.41. The first-order chi connectivity index (χ1) is 5.22. The molecule has 0 heterocycles. The molecule has 0 amide bonds. The van der Waals surface area contributed by atoms with Crippen molar-refractivity contribution < 1.29 is 9.90 Å². The summed E-state index contributed by atoms with van der Waals surface area (Å²) in [7, 11) is 0. The molecule has 0 saturated heterocycles. The van der Waals surface area contributed by atoms with Crippen molar-refractivity contribution in [2.24, 2.45) is 4.99 Å². The highest BCUT2D eigenvalue weighted by atomic mass is 79.9. The summed E-state index contributed by atoms with van der Waals surface area (Å²) in [4.78, 5) is 13.1. The van der Waals surface area contributed by atoms with Crippen molar-refractivity contribution in [2.75, 3.05) is 0 Å². The predicted molar refractivity (Wildman–Crippen MR) is 43.6 cm³/mol. The predicted octanol–water partition coefficient (Wildman–Crippen LogP) is 2.12. The highest BCUT2D eigenvalue weighted by Gasteiger charge is 1.95. The molecule has 1 aromatic rings. The molecule has 0 aliphatic carbocycles. The Balaban J connectivity index is 3.18. The van der Waals surface area contributed by atoms with Gasteiger partial charge < -0.3 is 5.11 Å². The molecule has 1 aromatic carbocycles. The van der Waals surface area contributed by atoms with E-state index in [0.717, 1.165) is 0 Å². The summed E-state index contributed by atoms with van der Waals surface area (Å²) in [5.41, 5.74) is 0.381. The van der Waals surface area contributed by atoms with Gasteiger partial charge in [-0.05, 0) is 12.1 Å². The van der Waals surface area contributed by atoms with E-state index in [-0.39, 0.29) is 5.75 Å². The average molecular weight is 214 g/mol. The third-order valence-electron chi connectivity index (χ3n) is 1.04. The summed E-state index contributed by atoms with van der Waals surface area (Å²) in [6.07, 6.45) is 1.38. The van der Waals surface area contributed by atoms with Crippen molar-refractivity contribution >= 4 is 27.7 Å². The van der Waals surface area contributed by atoms with E-state index in [1.807, 2.05) is 0 Å². The Hall–Kier alpha value is -1.12. The van der Waals surface area contributed by atoms with Gasteiger partial charge >= 0.3 is 0 Å². The highest BCUT2D eigenvalue weighted by molar-refractivity contribution is 9.10. The second kappa shape index (κ2) is 3.32. The minimum atomic E-state index is 0.0633. The van der Waals surface area contributed by atoms with Crippen LogP contribution >= 0.6 is 15.9 Å². The summed E-state index contributed by atoms with van der Waals surface area (Å²) in [5, 5.41) is 9.00. The first-order valence-electron chi connectivity index (χ1n) is 2.80. The lowest BCUT2D eigenvalue weighted by Crippen LogP contribution is -1.67. The van der Waals surface area contributed by atoms with Gasteiger partial charge in [-0.3, -0.25) is 0 Å². The van der Waals surface area contributed by atoms with Crippen LogP contribution in [0.1, 0.15) is 0 Å². The molecule has 1 rings (SSSR count). The number of hydrogen-bond donors (Lipinski definition) is 1. The van der Waals surface area contributed by atoms with Gasteiger partial charge in [0.1, 0.15) is 5.75 Å². The first-order valence-corrected chi connectivity index (χ1v) is 3.59. The van der Waals surface area contributed by atoms with Crippen molar-refractivity contribution in [3.63, 3.8) is 0 Å². The quantitative estimate of drug-likeness (QED) is 0.574. The Bertz CT molecular complexity index is 298. The summed E-state index contributed by atoms with van der Waals surface area (Å²) < 4.78 is 0.673. The monoisotopic (exact) mass is 213 g/mol. The molecule has 1 N–H and O–H groups in total. The maximum Gasteiger partial charge on any atom is 0.240 e. The van der Waals surface area contributed by atoms with Crippen LogP contribution < -0.4 is 0 Å². The lowest BCUT2D eigenvalue weighted by molar-refractivity contribution is 0.475. The third-order valence-corrected chi connectivity index (χ3v) is 1.50. The van der Waals surface area contributed by atoms with Crippen LogP contribution in [0.2, 0.25) is 0 Å². The van der Waals surface area contributed by atoms with Crippen LogP contribution in [0.25, 0.3) is 0 Å². The van der Waals surface area contributed by atoms with E-state index in [0.29, 0.717) is 10.2 Å². The highest BCUT2D eigenvalue weighted by Crippen LogP contribution is 2.24. The van der Waals surface area contributed by atoms with Crippen LogP contribution in [0.4, 0.5) is 5.69 Å². The number of hydrogen-bond acceptors (Lipinski definition) is 3. The SMILES string of the molecule is O=C=Nc1cc(O)cc(Br)c1. The summed E-state index contributed by atoms with van der Waals surface area (Å²) in [5.74, 6) is 0.0633. The van der Waals surface area contributed by atoms with Crippen molar-refractivity contribution in [3.05, 3.63) is 22.7 Å². The van der Waals surface area contributed by atoms with E-state index < -0.39 is 0 Å². The fourth-order valence-corrected chi connectivity index (χ4v) is 1.15. The first kappa shape index (κ1) is 7.98. The van der Waals surface area contributed by atoms with E-state index in [2.05, 4.69) is 20.9 Å². The number of benzene rings is 1. The minimum absolute atomic E-state index is 0.0633. The number of halogens is 1. The molecule has 11 heavy (non-hydrogen) atoms. The average Bonchev–Trinajstić information content (AvgIpc) is 1.85. The zero-order valence-corrected chi connectivity index (χ0v) is 7.00. The molecule has 0 bridgehead atoms. The lowest BCUT2D eigenvalue weighted by atomic mass is 10.3. The number of aliphatic imine (C=N–C) groups is 1. The molecule has 0 unspecified atom stereocenters. The van der Waals surface area contributed by atoms with Gasteiger partial charge in [-0.15, -0.1) is 0 Å². The summed E-state index contributed by atoms with van der Waals surface area (Å²) >= 11 is 3.13. The smallest absolute Gasteiger partial charge is 0.240 e. The fourth-order valence-electron chi connectivity index (χ4n) is 0.676. The maximum absolute atomic E-state index is 9.81. The lowest BCUT2D eigenvalue weighted by Gasteiger charge is -1.94. The molecule has 0 aromatic heterocycles. The Morgan fingerprint density at radius 1 is 1.45 bits per heavy atom. The van der Waals surface area contributed by atoms with Crippen LogP contribution in [-0.2, 0) is 4.79 Å². The van der Waals surface area contributed by atoms with Crippen molar-refractivity contribution in [2.45, 2.75) is 0 Å². The molecule has 3 nitrogen and oxygen atoms in total. The molecule has 0 fully saturated rings. The molecule has 56 valence electrons. The third kappa shape index (κ3) is 2.18. The van der Waals surface area contributed by atoms with Crippen LogP contribution in [0, 0.1) is 0 Å². The molecule has 0 aliphatic heterocycles. The fraction of sp³-hybridized carbons (Fsp3) is 0. The topological polar surface area (TPSA) is 49.7 Å². The van der Waals surface area contributed by atoms with E-state index in [4.69, 9.17) is 5.11 Å². The Labute approximate surface area is 71.5 Å². The molecule has 0 atom stereocenters. The van der Waals surface area contributed by atoms with Gasteiger partial charge in [0.15, 0.2) is 0 Å². The number of isocyanates is 1. The number of carbonyl (C=O) groups excluding carboxylic acids is 1. The number of nitrogens with zero attached hydrogens (tertiary/aromatic N) is 1. The molecule has 0 saturated carbocycles. The molecule has 4 heteroatoms. The van der Waals surface area contributed by atoms with Crippen molar-refractivity contribution in [1.82, 2.24) is 0 Å². The molecular weight excluding hydrogens is 210 g/mol. The normalized spacial score (nSPS) is 8.82. The second-order valence-electron chi connectivity index (χ2n) is 1.87. The van der Waals surface area contributed by atoms with Gasteiger partial charge in [0, 0.05) is 10.5 Å². The van der Waals surface area contributed by atoms with Gasteiger partial charge in [-0.1, -0.05) is 15.9 Å². The molecule has 0 spiro atoms. The number of phenols is 1.